The molecule has 1 aromatic rings. The number of nitro benzene ring substituents is 1. The summed E-state index contributed by atoms with van der Waals surface area (Å²) < 4.78 is 23.4. The lowest BCUT2D eigenvalue weighted by molar-refractivity contribution is -0.387. The van der Waals surface area contributed by atoms with Crippen LogP contribution >= 0.6 is 0 Å². The van der Waals surface area contributed by atoms with E-state index in [1.165, 1.54) is 12.1 Å². The first-order valence-electron chi connectivity index (χ1n) is 4.86. The van der Waals surface area contributed by atoms with Crippen LogP contribution in [0.3, 0.4) is 0 Å². The van der Waals surface area contributed by atoms with Crippen LogP contribution in [-0.2, 0) is 14.9 Å². The summed E-state index contributed by atoms with van der Waals surface area (Å²) in [6.07, 6.45) is 0.624. The first-order valence-corrected chi connectivity index (χ1v) is 6.34. The van der Waals surface area contributed by atoms with Gasteiger partial charge < -0.3 is 0 Å². The minimum absolute atomic E-state index is 0.194. The third-order valence-corrected chi connectivity index (χ3v) is 3.09. The van der Waals surface area contributed by atoms with Crippen LogP contribution in [0.2, 0.25) is 0 Å². The zero-order valence-electron chi connectivity index (χ0n) is 9.12. The number of nitrogens with one attached hydrogen (secondary N) is 1. The number of hydrogen-bond acceptors (Lipinski definition) is 5. The summed E-state index contributed by atoms with van der Waals surface area (Å²) >= 11 is 0. The Morgan fingerprint density at radius 1 is 1.41 bits per heavy atom. The zero-order chi connectivity index (χ0) is 12.9. The maximum atomic E-state index is 11.7. The molecule has 0 fully saturated rings. The van der Waals surface area contributed by atoms with Crippen molar-refractivity contribution in [2.24, 2.45) is 0 Å². The van der Waals surface area contributed by atoms with Crippen molar-refractivity contribution >= 4 is 15.7 Å². The zero-order valence-corrected chi connectivity index (χ0v) is 9.94. The van der Waals surface area contributed by atoms with Gasteiger partial charge in [-0.1, -0.05) is 23.9 Å². The second-order valence-corrected chi connectivity index (χ2v) is 4.77. The molecule has 0 saturated carbocycles. The molecule has 0 aromatic heterocycles. The molecule has 1 N–H and O–H groups in total. The van der Waals surface area contributed by atoms with Crippen molar-refractivity contribution < 1.29 is 18.2 Å². The van der Waals surface area contributed by atoms with Gasteiger partial charge in [-0.25, -0.2) is 8.42 Å². The van der Waals surface area contributed by atoms with Gasteiger partial charge >= 0.3 is 0 Å². The molecule has 7 nitrogen and oxygen atoms in total. The van der Waals surface area contributed by atoms with Crippen LogP contribution in [0.25, 0.3) is 0 Å². The van der Waals surface area contributed by atoms with Crippen LogP contribution in [0.5, 0.6) is 0 Å². The summed E-state index contributed by atoms with van der Waals surface area (Å²) in [5, 5.41) is 10.7. The van der Waals surface area contributed by atoms with E-state index in [1.54, 1.807) is 6.92 Å². The molecule has 0 amide bonds. The Bertz CT molecular complexity index is 500. The number of nitrogens with zero attached hydrogens (tertiary/aromatic N) is 1. The monoisotopic (exact) mass is 260 g/mol. The third kappa shape index (κ3) is 3.48. The minimum atomic E-state index is -4.02. The van der Waals surface area contributed by atoms with Gasteiger partial charge in [0, 0.05) is 6.07 Å². The quantitative estimate of drug-likeness (QED) is 0.471. The van der Waals surface area contributed by atoms with E-state index in [9.17, 15) is 18.5 Å². The summed E-state index contributed by atoms with van der Waals surface area (Å²) in [7, 11) is -4.02. The Hall–Kier alpha value is -1.51. The Kier molecular flexibility index (Phi) is 4.55. The van der Waals surface area contributed by atoms with E-state index in [0.717, 1.165) is 12.1 Å². The predicted octanol–water partition coefficient (Wildman–Crippen LogP) is 1.21. The highest BCUT2D eigenvalue weighted by Gasteiger charge is 2.24. The van der Waals surface area contributed by atoms with Crippen molar-refractivity contribution in [3.63, 3.8) is 0 Å². The topological polar surface area (TPSA) is 98.5 Å². The van der Waals surface area contributed by atoms with E-state index in [1.807, 2.05) is 4.89 Å². The number of para-hydroxylation sites is 1. The van der Waals surface area contributed by atoms with E-state index in [-0.39, 0.29) is 6.61 Å². The van der Waals surface area contributed by atoms with Crippen LogP contribution in [0.15, 0.2) is 29.2 Å². The second-order valence-electron chi connectivity index (χ2n) is 3.16. The molecule has 0 spiro atoms. The van der Waals surface area contributed by atoms with Crippen molar-refractivity contribution in [3.05, 3.63) is 34.4 Å². The van der Waals surface area contributed by atoms with Crippen LogP contribution in [-0.4, -0.2) is 19.9 Å². The van der Waals surface area contributed by atoms with E-state index in [4.69, 9.17) is 0 Å². The van der Waals surface area contributed by atoms with Crippen molar-refractivity contribution in [2.75, 3.05) is 6.61 Å². The summed E-state index contributed by atoms with van der Waals surface area (Å²) in [6, 6.07) is 5.07. The molecule has 17 heavy (non-hydrogen) atoms. The maximum absolute atomic E-state index is 11.7. The molecular formula is C9H12N2O5S. The molecule has 0 aliphatic carbocycles. The predicted molar refractivity (Wildman–Crippen MR) is 59.7 cm³/mol. The van der Waals surface area contributed by atoms with Crippen molar-refractivity contribution in [1.82, 2.24) is 4.89 Å². The highest BCUT2D eigenvalue weighted by molar-refractivity contribution is 7.89. The number of benzene rings is 1. The van der Waals surface area contributed by atoms with Crippen LogP contribution in [0.1, 0.15) is 13.3 Å². The maximum Gasteiger partial charge on any atom is 0.289 e. The fourth-order valence-corrected chi connectivity index (χ4v) is 2.11. The van der Waals surface area contributed by atoms with E-state index in [2.05, 4.69) is 4.84 Å². The molecule has 0 saturated heterocycles. The lowest BCUT2D eigenvalue weighted by atomic mass is 10.3. The van der Waals surface area contributed by atoms with Gasteiger partial charge in [-0.05, 0) is 12.5 Å². The van der Waals surface area contributed by atoms with Gasteiger partial charge in [-0.3, -0.25) is 15.0 Å². The highest BCUT2D eigenvalue weighted by atomic mass is 32.2. The Morgan fingerprint density at radius 3 is 2.65 bits per heavy atom. The molecule has 0 atom stereocenters. The molecule has 0 aliphatic rings. The fraction of sp³-hybridized carbons (Fsp3) is 0.333. The molecule has 0 radical (unpaired) electrons. The third-order valence-electron chi connectivity index (χ3n) is 1.83. The van der Waals surface area contributed by atoms with E-state index < -0.39 is 25.5 Å². The van der Waals surface area contributed by atoms with Gasteiger partial charge in [0.2, 0.25) is 0 Å². The van der Waals surface area contributed by atoms with Crippen molar-refractivity contribution in [1.29, 1.82) is 0 Å². The number of hydrogen-bond donors (Lipinski definition) is 1. The average molecular weight is 260 g/mol. The van der Waals surface area contributed by atoms with Crippen LogP contribution < -0.4 is 4.89 Å². The molecule has 0 unspecified atom stereocenters. The number of nitro groups is 1. The Balaban J connectivity index is 3.02. The molecule has 94 valence electrons. The van der Waals surface area contributed by atoms with Gasteiger partial charge in [-0.15, -0.1) is 0 Å². The summed E-state index contributed by atoms with van der Waals surface area (Å²) in [5.41, 5.74) is -0.486. The first kappa shape index (κ1) is 13.6. The van der Waals surface area contributed by atoms with Gasteiger partial charge in [0.15, 0.2) is 4.90 Å². The molecule has 1 aromatic carbocycles. The molecule has 0 aliphatic heterocycles. The summed E-state index contributed by atoms with van der Waals surface area (Å²) in [4.78, 5) is 16.0. The largest absolute Gasteiger partial charge is 0.289 e. The van der Waals surface area contributed by atoms with Crippen molar-refractivity contribution in [3.8, 4) is 0 Å². The molecule has 0 heterocycles. The Morgan fingerprint density at radius 2 is 2.06 bits per heavy atom. The van der Waals surface area contributed by atoms with Gasteiger partial charge in [0.05, 0.1) is 11.5 Å². The fourth-order valence-electron chi connectivity index (χ4n) is 1.10. The second kappa shape index (κ2) is 5.71. The standard InChI is InChI=1S/C9H12N2O5S/c1-2-7-16-10-17(14,15)9-6-4-3-5-8(9)11(12)13/h3-6,10H,2,7H2,1H3. The number of rotatable bonds is 6. The molecule has 0 bridgehead atoms. The Labute approximate surface area is 98.6 Å². The molecule has 8 heteroatoms. The SMILES string of the molecule is CCCONS(=O)(=O)c1ccccc1[N+](=O)[O-]. The van der Waals surface area contributed by atoms with Crippen LogP contribution in [0, 0.1) is 10.1 Å². The minimum Gasteiger partial charge on any atom is -0.287 e. The lowest BCUT2D eigenvalue weighted by Crippen LogP contribution is -2.25. The summed E-state index contributed by atoms with van der Waals surface area (Å²) in [5.74, 6) is 0. The van der Waals surface area contributed by atoms with E-state index >= 15 is 0 Å². The smallest absolute Gasteiger partial charge is 0.287 e. The van der Waals surface area contributed by atoms with Gasteiger partial charge in [-0.2, -0.15) is 0 Å². The highest BCUT2D eigenvalue weighted by Crippen LogP contribution is 2.22. The van der Waals surface area contributed by atoms with Gasteiger partial charge in [0.1, 0.15) is 0 Å². The van der Waals surface area contributed by atoms with Gasteiger partial charge in [0.25, 0.3) is 15.7 Å². The average Bonchev–Trinajstić information content (AvgIpc) is 2.29. The summed E-state index contributed by atoms with van der Waals surface area (Å²) in [6.45, 7) is 2.00. The van der Waals surface area contributed by atoms with Crippen LogP contribution in [0.4, 0.5) is 5.69 Å². The first-order chi connectivity index (χ1) is 7.99. The van der Waals surface area contributed by atoms with E-state index in [0.29, 0.717) is 6.42 Å². The number of sulfonamides is 1. The molecular weight excluding hydrogens is 248 g/mol. The van der Waals surface area contributed by atoms with Crippen molar-refractivity contribution in [2.45, 2.75) is 18.2 Å². The molecule has 1 rings (SSSR count). The lowest BCUT2D eigenvalue weighted by Gasteiger charge is -2.06. The normalized spacial score (nSPS) is 11.4.